The predicted octanol–water partition coefficient (Wildman–Crippen LogP) is 3.97. The highest BCUT2D eigenvalue weighted by Crippen LogP contribution is 2.11. The quantitative estimate of drug-likeness (QED) is 0.818. The van der Waals surface area contributed by atoms with Crippen molar-refractivity contribution in [2.45, 2.75) is 6.42 Å². The van der Waals surface area contributed by atoms with Crippen LogP contribution in [-0.2, 0) is 6.42 Å². The van der Waals surface area contributed by atoms with Crippen molar-refractivity contribution in [1.29, 1.82) is 0 Å². The molecule has 0 fully saturated rings. The van der Waals surface area contributed by atoms with Gasteiger partial charge in [-0.05, 0) is 52.2 Å². The average molecular weight is 399 g/mol. The molecule has 2 amide bonds. The van der Waals surface area contributed by atoms with E-state index in [0.29, 0.717) is 12.4 Å². The van der Waals surface area contributed by atoms with Gasteiger partial charge in [0.2, 0.25) is 0 Å². The number of carbonyl (C=O) groups excluding carboxylic acids is 1. The number of hydrogen-bond acceptors (Lipinski definition) is 2. The third-order valence-electron chi connectivity index (χ3n) is 2.58. The van der Waals surface area contributed by atoms with Crippen molar-refractivity contribution in [3.63, 3.8) is 0 Å². The van der Waals surface area contributed by atoms with Crippen molar-refractivity contribution in [1.82, 2.24) is 10.3 Å². The molecule has 1 aromatic carbocycles. The lowest BCUT2D eigenvalue weighted by atomic mass is 10.1. The van der Waals surface area contributed by atoms with Gasteiger partial charge in [0.25, 0.3) is 0 Å². The molecule has 2 aromatic rings. The predicted molar refractivity (Wildman–Crippen MR) is 86.8 cm³/mol. The average Bonchev–Trinajstić information content (AvgIpc) is 2.44. The second-order valence-electron chi connectivity index (χ2n) is 4.12. The van der Waals surface area contributed by atoms with E-state index in [1.54, 1.807) is 12.3 Å². The second kappa shape index (κ2) is 7.40. The maximum Gasteiger partial charge on any atom is 0.320 e. The zero-order valence-corrected chi connectivity index (χ0v) is 13.7. The number of carbonyl (C=O) groups is 1. The highest BCUT2D eigenvalue weighted by Gasteiger charge is 2.02. The van der Waals surface area contributed by atoms with Crippen LogP contribution in [0, 0.1) is 0 Å². The first-order valence-electron chi connectivity index (χ1n) is 6.04. The van der Waals surface area contributed by atoms with Crippen molar-refractivity contribution in [3.05, 3.63) is 57.1 Å². The molecule has 20 heavy (non-hydrogen) atoms. The van der Waals surface area contributed by atoms with Gasteiger partial charge in [0.05, 0.1) is 0 Å². The third kappa shape index (κ3) is 4.94. The molecule has 0 spiro atoms. The Hall–Kier alpha value is -1.40. The number of nitrogens with zero attached hydrogens (tertiary/aromatic N) is 1. The van der Waals surface area contributed by atoms with E-state index in [1.165, 1.54) is 5.56 Å². The van der Waals surface area contributed by atoms with Crippen LogP contribution in [0.5, 0.6) is 0 Å². The molecule has 0 aliphatic rings. The van der Waals surface area contributed by atoms with Crippen LogP contribution in [0.3, 0.4) is 0 Å². The summed E-state index contributed by atoms with van der Waals surface area (Å²) in [5.74, 6) is 0.523. The Kier molecular flexibility index (Phi) is 5.55. The number of urea groups is 1. The molecule has 0 atom stereocenters. The van der Waals surface area contributed by atoms with E-state index in [4.69, 9.17) is 0 Å². The van der Waals surface area contributed by atoms with Crippen LogP contribution >= 0.6 is 31.9 Å². The van der Waals surface area contributed by atoms with E-state index < -0.39 is 0 Å². The number of rotatable bonds is 4. The van der Waals surface area contributed by atoms with Gasteiger partial charge in [-0.3, -0.25) is 5.32 Å². The van der Waals surface area contributed by atoms with Crippen LogP contribution in [0.1, 0.15) is 5.56 Å². The van der Waals surface area contributed by atoms with Crippen molar-refractivity contribution < 1.29 is 4.79 Å². The van der Waals surface area contributed by atoms with Crippen LogP contribution in [0.2, 0.25) is 0 Å². The number of anilines is 1. The first-order valence-corrected chi connectivity index (χ1v) is 7.63. The lowest BCUT2D eigenvalue weighted by Gasteiger charge is -2.07. The summed E-state index contributed by atoms with van der Waals surface area (Å²) in [6.45, 7) is 0.573. The summed E-state index contributed by atoms with van der Waals surface area (Å²) >= 11 is 6.68. The number of pyridine rings is 1. The Morgan fingerprint density at radius 2 is 1.75 bits per heavy atom. The molecular formula is C14H13Br2N3O. The minimum absolute atomic E-state index is 0.253. The second-order valence-corrected chi connectivity index (χ2v) is 5.95. The molecular weight excluding hydrogens is 386 g/mol. The number of amides is 2. The summed E-state index contributed by atoms with van der Waals surface area (Å²) in [6, 6.07) is 11.3. The summed E-state index contributed by atoms with van der Waals surface area (Å²) in [6.07, 6.45) is 2.42. The molecule has 0 aliphatic heterocycles. The van der Waals surface area contributed by atoms with E-state index >= 15 is 0 Å². The van der Waals surface area contributed by atoms with E-state index in [9.17, 15) is 4.79 Å². The van der Waals surface area contributed by atoms with Gasteiger partial charge in [0.1, 0.15) is 5.82 Å². The van der Waals surface area contributed by atoms with Crippen molar-refractivity contribution in [2.24, 2.45) is 0 Å². The van der Waals surface area contributed by atoms with Crippen LogP contribution < -0.4 is 10.6 Å². The third-order valence-corrected chi connectivity index (χ3v) is 3.58. The molecule has 2 N–H and O–H groups in total. The van der Waals surface area contributed by atoms with E-state index in [-0.39, 0.29) is 6.03 Å². The van der Waals surface area contributed by atoms with Gasteiger partial charge in [-0.15, -0.1) is 0 Å². The Bertz CT molecular complexity index is 570. The molecule has 0 unspecified atom stereocenters. The van der Waals surface area contributed by atoms with Crippen LogP contribution in [-0.4, -0.2) is 17.6 Å². The number of hydrogen-bond donors (Lipinski definition) is 2. The van der Waals surface area contributed by atoms with Gasteiger partial charge in [0.15, 0.2) is 0 Å². The maximum absolute atomic E-state index is 11.7. The highest BCUT2D eigenvalue weighted by molar-refractivity contribution is 9.10. The van der Waals surface area contributed by atoms with Gasteiger partial charge in [0, 0.05) is 21.7 Å². The van der Waals surface area contributed by atoms with Gasteiger partial charge >= 0.3 is 6.03 Å². The highest BCUT2D eigenvalue weighted by atomic mass is 79.9. The molecule has 2 rings (SSSR count). The Labute approximate surface area is 134 Å². The number of aromatic nitrogens is 1. The summed E-state index contributed by atoms with van der Waals surface area (Å²) in [5, 5.41) is 5.47. The van der Waals surface area contributed by atoms with E-state index in [2.05, 4.69) is 47.5 Å². The largest absolute Gasteiger partial charge is 0.337 e. The number of benzene rings is 1. The monoisotopic (exact) mass is 397 g/mol. The summed E-state index contributed by atoms with van der Waals surface area (Å²) in [4.78, 5) is 15.7. The molecule has 104 valence electrons. The normalized spacial score (nSPS) is 10.1. The van der Waals surface area contributed by atoms with Gasteiger partial charge in [-0.1, -0.05) is 28.1 Å². The van der Waals surface area contributed by atoms with Crippen molar-refractivity contribution in [2.75, 3.05) is 11.9 Å². The molecule has 6 heteroatoms. The fraction of sp³-hybridized carbons (Fsp3) is 0.143. The van der Waals surface area contributed by atoms with Gasteiger partial charge in [-0.2, -0.15) is 0 Å². The van der Waals surface area contributed by atoms with E-state index in [1.807, 2.05) is 30.3 Å². The van der Waals surface area contributed by atoms with Gasteiger partial charge in [-0.25, -0.2) is 9.78 Å². The van der Waals surface area contributed by atoms with Crippen molar-refractivity contribution >= 4 is 43.7 Å². The summed E-state index contributed by atoms with van der Waals surface area (Å²) < 4.78 is 1.92. The summed E-state index contributed by atoms with van der Waals surface area (Å²) in [7, 11) is 0. The minimum Gasteiger partial charge on any atom is -0.337 e. The smallest absolute Gasteiger partial charge is 0.320 e. The fourth-order valence-electron chi connectivity index (χ4n) is 1.58. The number of halogens is 2. The topological polar surface area (TPSA) is 54.0 Å². The first kappa shape index (κ1) is 15.0. The summed E-state index contributed by atoms with van der Waals surface area (Å²) in [5.41, 5.74) is 1.18. The lowest BCUT2D eigenvalue weighted by Crippen LogP contribution is -2.30. The molecule has 0 radical (unpaired) electrons. The molecule has 0 bridgehead atoms. The molecule has 0 saturated carbocycles. The van der Waals surface area contributed by atoms with Crippen molar-refractivity contribution in [3.8, 4) is 0 Å². The molecule has 0 saturated heterocycles. The zero-order chi connectivity index (χ0) is 14.4. The maximum atomic E-state index is 11.7. The van der Waals surface area contributed by atoms with E-state index in [0.717, 1.165) is 15.4 Å². The Morgan fingerprint density at radius 3 is 2.40 bits per heavy atom. The van der Waals surface area contributed by atoms with Crippen LogP contribution in [0.4, 0.5) is 10.6 Å². The lowest BCUT2D eigenvalue weighted by molar-refractivity contribution is 0.252. The fourth-order valence-corrected chi connectivity index (χ4v) is 2.08. The standard InChI is InChI=1S/C14H13Br2N3O/c15-11-3-1-10(2-4-11)7-8-17-14(20)19-13-6-5-12(16)9-18-13/h1-6,9H,7-8H2,(H2,17,18,19,20). The van der Waals surface area contributed by atoms with Gasteiger partial charge < -0.3 is 5.32 Å². The molecule has 0 aliphatic carbocycles. The Balaban J connectivity index is 1.75. The SMILES string of the molecule is O=C(NCCc1ccc(Br)cc1)Nc1ccc(Br)cn1. The zero-order valence-electron chi connectivity index (χ0n) is 10.6. The minimum atomic E-state index is -0.253. The molecule has 4 nitrogen and oxygen atoms in total. The molecule has 1 aromatic heterocycles. The number of nitrogens with one attached hydrogen (secondary N) is 2. The Morgan fingerprint density at radius 1 is 1.05 bits per heavy atom. The van der Waals surface area contributed by atoms with Crippen LogP contribution in [0.25, 0.3) is 0 Å². The van der Waals surface area contributed by atoms with Crippen LogP contribution in [0.15, 0.2) is 51.5 Å². The molecule has 1 heterocycles. The first-order chi connectivity index (χ1) is 9.63.